The normalized spacial score (nSPS) is 12.2. The minimum Gasteiger partial charge on any atom is -0.342 e. The summed E-state index contributed by atoms with van der Waals surface area (Å²) in [5, 5.41) is 10.9. The Kier molecular flexibility index (Phi) is 6.81. The van der Waals surface area contributed by atoms with Gasteiger partial charge in [0.1, 0.15) is 0 Å². The van der Waals surface area contributed by atoms with Gasteiger partial charge in [0, 0.05) is 11.6 Å². The summed E-state index contributed by atoms with van der Waals surface area (Å²) in [6, 6.07) is 4.47. The van der Waals surface area contributed by atoms with Crippen LogP contribution < -0.4 is 5.32 Å². The predicted octanol–water partition coefficient (Wildman–Crippen LogP) is 4.95. The zero-order chi connectivity index (χ0) is 18.6. The van der Waals surface area contributed by atoms with Gasteiger partial charge >= 0.3 is 0 Å². The Morgan fingerprint density at radius 2 is 2.20 bits per heavy atom. The Morgan fingerprint density at radius 1 is 1.48 bits per heavy atom. The number of nitrogens with one attached hydrogen (secondary N) is 2. The van der Waals surface area contributed by atoms with E-state index in [9.17, 15) is 4.79 Å². The van der Waals surface area contributed by atoms with E-state index in [0.717, 1.165) is 0 Å². The van der Waals surface area contributed by atoms with Crippen LogP contribution in [0.25, 0.3) is 0 Å². The number of hydrogen-bond acceptors (Lipinski definition) is 3. The van der Waals surface area contributed by atoms with Gasteiger partial charge in [-0.25, -0.2) is 0 Å². The van der Waals surface area contributed by atoms with Gasteiger partial charge in [-0.3, -0.25) is 14.5 Å². The van der Waals surface area contributed by atoms with Crippen molar-refractivity contribution in [3.8, 4) is 0 Å². The van der Waals surface area contributed by atoms with Crippen molar-refractivity contribution in [3.63, 3.8) is 0 Å². The molecule has 1 aromatic heterocycles. The largest absolute Gasteiger partial charge is 0.342 e. The van der Waals surface area contributed by atoms with Gasteiger partial charge in [-0.1, -0.05) is 43.1 Å². The zero-order valence-corrected chi connectivity index (χ0v) is 16.4. The van der Waals surface area contributed by atoms with E-state index in [4.69, 9.17) is 35.4 Å². The predicted molar refractivity (Wildman–Crippen MR) is 104 cm³/mol. The molecular formula is C17H20Cl2N4OS. The fourth-order valence-electron chi connectivity index (χ4n) is 2.51. The topological polar surface area (TPSA) is 62.7 Å². The Hall–Kier alpha value is -1.63. The smallest absolute Gasteiger partial charge is 0.253 e. The molecule has 5 nitrogen and oxygen atoms in total. The molecule has 1 atom stereocenters. The molecule has 0 aliphatic rings. The van der Waals surface area contributed by atoms with Crippen molar-refractivity contribution in [2.45, 2.75) is 32.9 Å². The molecule has 0 fully saturated rings. The molecule has 134 valence electrons. The van der Waals surface area contributed by atoms with Gasteiger partial charge in [-0.05, 0) is 42.8 Å². The van der Waals surface area contributed by atoms with Crippen LogP contribution in [0.15, 0.2) is 30.9 Å². The van der Waals surface area contributed by atoms with Gasteiger partial charge in [-0.2, -0.15) is 5.10 Å². The summed E-state index contributed by atoms with van der Waals surface area (Å²) < 4.78 is 2.31. The Bertz CT molecular complexity index is 828. The van der Waals surface area contributed by atoms with E-state index in [1.165, 1.54) is 0 Å². The molecule has 0 aliphatic carbocycles. The van der Waals surface area contributed by atoms with Crippen molar-refractivity contribution in [2.24, 2.45) is 5.92 Å². The molecule has 1 amide bonds. The maximum absolute atomic E-state index is 12.7. The van der Waals surface area contributed by atoms with Gasteiger partial charge in [0.25, 0.3) is 5.91 Å². The number of amides is 1. The number of H-pyrrole nitrogens is 1. The van der Waals surface area contributed by atoms with Gasteiger partial charge in [0.15, 0.2) is 10.6 Å². The highest BCUT2D eigenvalue weighted by Gasteiger charge is 2.23. The maximum Gasteiger partial charge on any atom is 0.253 e. The molecule has 1 heterocycles. The van der Waals surface area contributed by atoms with E-state index in [-0.39, 0.29) is 11.9 Å². The first-order chi connectivity index (χ1) is 11.8. The first-order valence-corrected chi connectivity index (χ1v) is 9.01. The molecule has 25 heavy (non-hydrogen) atoms. The maximum atomic E-state index is 12.7. The lowest BCUT2D eigenvalue weighted by atomic mass is 10.0. The van der Waals surface area contributed by atoms with Crippen LogP contribution in [0.3, 0.4) is 0 Å². The Morgan fingerprint density at radius 3 is 2.80 bits per heavy atom. The van der Waals surface area contributed by atoms with E-state index < -0.39 is 0 Å². The molecule has 0 spiro atoms. The minimum absolute atomic E-state index is 0.286. The number of hydrogen-bond donors (Lipinski definition) is 2. The lowest BCUT2D eigenvalue weighted by Crippen LogP contribution is -2.31. The van der Waals surface area contributed by atoms with Crippen LogP contribution in [-0.2, 0) is 6.54 Å². The minimum atomic E-state index is -0.313. The van der Waals surface area contributed by atoms with E-state index >= 15 is 0 Å². The highest BCUT2D eigenvalue weighted by molar-refractivity contribution is 7.71. The van der Waals surface area contributed by atoms with Crippen molar-refractivity contribution >= 4 is 41.3 Å². The molecule has 0 radical (unpaired) electrons. The average molecular weight is 399 g/mol. The molecule has 0 aliphatic heterocycles. The standard InChI is InChI=1S/C17H20Cl2N4OS/c1-4-7-23-15(21-22-17(23)25)14(8-10(2)3)20-16(24)12-6-5-11(18)9-13(12)19/h4-6,9-10,14H,1,7-8H2,2-3H3,(H,20,24)(H,22,25)/t14-/m1/s1. The highest BCUT2D eigenvalue weighted by atomic mass is 35.5. The first kappa shape index (κ1) is 19.7. The SMILES string of the molecule is C=CCn1c([C@@H](CC(C)C)NC(=O)c2ccc(Cl)cc2Cl)n[nH]c1=S. The summed E-state index contributed by atoms with van der Waals surface area (Å²) in [5.74, 6) is 0.719. The van der Waals surface area contributed by atoms with Crippen LogP contribution in [-0.4, -0.2) is 20.7 Å². The summed E-state index contributed by atoms with van der Waals surface area (Å²) >= 11 is 17.3. The van der Waals surface area contributed by atoms with E-state index in [2.05, 4.69) is 35.9 Å². The van der Waals surface area contributed by atoms with E-state index in [1.807, 2.05) is 4.57 Å². The molecule has 0 unspecified atom stereocenters. The summed E-state index contributed by atoms with van der Waals surface area (Å²) in [7, 11) is 0. The number of allylic oxidation sites excluding steroid dienone is 1. The molecule has 8 heteroatoms. The molecule has 2 N–H and O–H groups in total. The number of aromatic amines is 1. The van der Waals surface area contributed by atoms with Gasteiger partial charge in [0.2, 0.25) is 0 Å². The number of rotatable bonds is 7. The summed E-state index contributed by atoms with van der Waals surface area (Å²) in [6.07, 6.45) is 2.44. The summed E-state index contributed by atoms with van der Waals surface area (Å²) in [5.41, 5.74) is 0.365. The Balaban J connectivity index is 2.33. The van der Waals surface area contributed by atoms with Gasteiger partial charge < -0.3 is 5.32 Å². The lowest BCUT2D eigenvalue weighted by Gasteiger charge is -2.21. The third-order valence-corrected chi connectivity index (χ3v) is 4.46. The van der Waals surface area contributed by atoms with Crippen molar-refractivity contribution in [1.82, 2.24) is 20.1 Å². The summed E-state index contributed by atoms with van der Waals surface area (Å²) in [4.78, 5) is 12.7. The van der Waals surface area contributed by atoms with Crippen molar-refractivity contribution < 1.29 is 4.79 Å². The van der Waals surface area contributed by atoms with Crippen molar-refractivity contribution in [3.05, 3.63) is 57.1 Å². The number of carbonyl (C=O) groups excluding carboxylic acids is 1. The monoisotopic (exact) mass is 398 g/mol. The average Bonchev–Trinajstić information content (AvgIpc) is 2.87. The number of benzene rings is 1. The molecule has 0 saturated carbocycles. The van der Waals surface area contributed by atoms with E-state index in [1.54, 1.807) is 24.3 Å². The lowest BCUT2D eigenvalue weighted by molar-refractivity contribution is 0.0929. The summed E-state index contributed by atoms with van der Waals surface area (Å²) in [6.45, 7) is 8.40. The second-order valence-corrected chi connectivity index (χ2v) is 7.30. The van der Waals surface area contributed by atoms with Crippen LogP contribution in [0.2, 0.25) is 10.0 Å². The number of halogens is 2. The number of aromatic nitrogens is 3. The second kappa shape index (κ2) is 8.65. The quantitative estimate of drug-likeness (QED) is 0.512. The van der Waals surface area contributed by atoms with Crippen molar-refractivity contribution in [1.29, 1.82) is 0 Å². The molecule has 2 rings (SSSR count). The molecular weight excluding hydrogens is 379 g/mol. The molecule has 1 aromatic carbocycles. The fourth-order valence-corrected chi connectivity index (χ4v) is 3.22. The number of nitrogens with zero attached hydrogens (tertiary/aromatic N) is 2. The molecule has 2 aromatic rings. The third-order valence-electron chi connectivity index (χ3n) is 3.60. The van der Waals surface area contributed by atoms with Crippen LogP contribution in [0.1, 0.15) is 42.5 Å². The Labute approximate surface area is 162 Å². The number of carbonyl (C=O) groups is 1. The van der Waals surface area contributed by atoms with E-state index in [0.29, 0.717) is 45.1 Å². The third kappa shape index (κ3) is 4.93. The fraction of sp³-hybridized carbons (Fsp3) is 0.353. The first-order valence-electron chi connectivity index (χ1n) is 7.85. The van der Waals surface area contributed by atoms with Gasteiger partial charge in [-0.15, -0.1) is 6.58 Å². The highest BCUT2D eigenvalue weighted by Crippen LogP contribution is 2.24. The second-order valence-electron chi connectivity index (χ2n) is 6.07. The van der Waals surface area contributed by atoms with Gasteiger partial charge in [0.05, 0.1) is 16.6 Å². The zero-order valence-electron chi connectivity index (χ0n) is 14.1. The molecule has 0 saturated heterocycles. The van der Waals surface area contributed by atoms with Crippen LogP contribution in [0.4, 0.5) is 0 Å². The van der Waals surface area contributed by atoms with Crippen molar-refractivity contribution in [2.75, 3.05) is 0 Å². The van der Waals surface area contributed by atoms with Crippen LogP contribution in [0, 0.1) is 10.7 Å². The van der Waals surface area contributed by atoms with Crippen LogP contribution >= 0.6 is 35.4 Å². The molecule has 0 bridgehead atoms. The van der Waals surface area contributed by atoms with Crippen LogP contribution in [0.5, 0.6) is 0 Å².